The van der Waals surface area contributed by atoms with Crippen LogP contribution in [0.5, 0.6) is 5.75 Å². The number of rotatable bonds is 7. The molecule has 1 heterocycles. The van der Waals surface area contributed by atoms with Gasteiger partial charge in [0, 0.05) is 31.4 Å². The quantitative estimate of drug-likeness (QED) is 0.841. The van der Waals surface area contributed by atoms with E-state index in [0.29, 0.717) is 6.04 Å². The molecule has 4 nitrogen and oxygen atoms in total. The van der Waals surface area contributed by atoms with Gasteiger partial charge in [0.15, 0.2) is 0 Å². The summed E-state index contributed by atoms with van der Waals surface area (Å²) in [5.41, 5.74) is 1.23. The summed E-state index contributed by atoms with van der Waals surface area (Å²) in [6.07, 6.45) is 5.74. The third-order valence-corrected chi connectivity index (χ3v) is 3.64. The van der Waals surface area contributed by atoms with Crippen LogP contribution in [0.2, 0.25) is 0 Å². The van der Waals surface area contributed by atoms with E-state index < -0.39 is 0 Å². The average Bonchev–Trinajstić information content (AvgIpc) is 2.94. The molecule has 2 aromatic rings. The van der Waals surface area contributed by atoms with Gasteiger partial charge in [-0.15, -0.1) is 0 Å². The number of aromatic nitrogens is 2. The molecule has 0 aliphatic heterocycles. The summed E-state index contributed by atoms with van der Waals surface area (Å²) in [5, 5.41) is 3.38. The Morgan fingerprint density at radius 3 is 2.80 bits per heavy atom. The van der Waals surface area contributed by atoms with Crippen molar-refractivity contribution < 1.29 is 4.74 Å². The number of benzene rings is 1. The van der Waals surface area contributed by atoms with Crippen molar-refractivity contribution in [1.29, 1.82) is 0 Å². The predicted octanol–water partition coefficient (Wildman–Crippen LogP) is 2.28. The molecule has 1 unspecified atom stereocenters. The first-order chi connectivity index (χ1) is 9.78. The summed E-state index contributed by atoms with van der Waals surface area (Å²) in [4.78, 5) is 4.45. The van der Waals surface area contributed by atoms with Crippen LogP contribution in [0.15, 0.2) is 36.7 Å². The Morgan fingerprint density at radius 2 is 2.10 bits per heavy atom. The molecule has 1 atom stereocenters. The third kappa shape index (κ3) is 3.39. The Morgan fingerprint density at radius 1 is 1.30 bits per heavy atom. The van der Waals surface area contributed by atoms with Gasteiger partial charge in [0.2, 0.25) is 0 Å². The molecule has 0 radical (unpaired) electrons. The second-order valence-electron chi connectivity index (χ2n) is 4.84. The lowest BCUT2D eigenvalue weighted by molar-refractivity contribution is 0.405. The van der Waals surface area contributed by atoms with Gasteiger partial charge in [0.25, 0.3) is 0 Å². The summed E-state index contributed by atoms with van der Waals surface area (Å²) >= 11 is 0. The fraction of sp³-hybridized carbons (Fsp3) is 0.438. The molecule has 0 bridgehead atoms. The Kier molecular flexibility index (Phi) is 5.18. The number of ether oxygens (including phenoxy) is 1. The molecule has 1 aromatic heterocycles. The lowest BCUT2D eigenvalue weighted by Crippen LogP contribution is -2.31. The van der Waals surface area contributed by atoms with Crippen LogP contribution in [0.1, 0.15) is 18.3 Å². The Labute approximate surface area is 120 Å². The highest BCUT2D eigenvalue weighted by Gasteiger charge is 2.14. The van der Waals surface area contributed by atoms with Crippen LogP contribution in [0, 0.1) is 0 Å². The molecule has 0 aliphatic carbocycles. The van der Waals surface area contributed by atoms with Gasteiger partial charge < -0.3 is 14.6 Å². The van der Waals surface area contributed by atoms with E-state index >= 15 is 0 Å². The van der Waals surface area contributed by atoms with Gasteiger partial charge in [-0.05, 0) is 32.0 Å². The van der Waals surface area contributed by atoms with Gasteiger partial charge in [-0.2, -0.15) is 0 Å². The van der Waals surface area contributed by atoms with E-state index in [9.17, 15) is 0 Å². The number of nitrogens with zero attached hydrogens (tertiary/aromatic N) is 2. The standard InChI is InChI=1S/C16H23N3O/c1-4-19-10-9-18-16(19)12-14(17-2)11-13-7-5-6-8-15(13)20-3/h5-10,14,17H,4,11-12H2,1-3H3. The maximum Gasteiger partial charge on any atom is 0.122 e. The summed E-state index contributed by atoms with van der Waals surface area (Å²) in [6, 6.07) is 8.53. The highest BCUT2D eigenvalue weighted by atomic mass is 16.5. The van der Waals surface area contributed by atoms with E-state index in [1.807, 2.05) is 31.6 Å². The maximum atomic E-state index is 5.42. The summed E-state index contributed by atoms with van der Waals surface area (Å²) in [6.45, 7) is 3.10. The Balaban J connectivity index is 2.09. The summed E-state index contributed by atoms with van der Waals surface area (Å²) in [5.74, 6) is 2.08. The molecule has 0 amide bonds. The SMILES string of the molecule is CCn1ccnc1CC(Cc1ccccc1OC)NC. The van der Waals surface area contributed by atoms with Gasteiger partial charge >= 0.3 is 0 Å². The van der Waals surface area contributed by atoms with Crippen molar-refractivity contribution in [1.82, 2.24) is 14.9 Å². The van der Waals surface area contributed by atoms with E-state index in [2.05, 4.69) is 33.9 Å². The van der Waals surface area contributed by atoms with Crippen molar-refractivity contribution in [3.63, 3.8) is 0 Å². The average molecular weight is 273 g/mol. The molecule has 0 saturated heterocycles. The second-order valence-corrected chi connectivity index (χ2v) is 4.84. The fourth-order valence-electron chi connectivity index (χ4n) is 2.45. The molecule has 20 heavy (non-hydrogen) atoms. The van der Waals surface area contributed by atoms with Crippen molar-refractivity contribution in [2.75, 3.05) is 14.2 Å². The van der Waals surface area contributed by atoms with Gasteiger partial charge in [-0.25, -0.2) is 4.98 Å². The van der Waals surface area contributed by atoms with E-state index in [-0.39, 0.29) is 0 Å². The number of likely N-dealkylation sites (N-methyl/N-ethyl adjacent to an activating group) is 1. The zero-order valence-electron chi connectivity index (χ0n) is 12.5. The van der Waals surface area contributed by atoms with Crippen LogP contribution in [0.4, 0.5) is 0 Å². The highest BCUT2D eigenvalue weighted by molar-refractivity contribution is 5.34. The predicted molar refractivity (Wildman–Crippen MR) is 81.2 cm³/mol. The number of hydrogen-bond donors (Lipinski definition) is 1. The minimum absolute atomic E-state index is 0.346. The van der Waals surface area contributed by atoms with Crippen molar-refractivity contribution in [3.8, 4) is 5.75 Å². The molecule has 1 aromatic carbocycles. The van der Waals surface area contributed by atoms with Gasteiger partial charge in [0.05, 0.1) is 7.11 Å². The summed E-state index contributed by atoms with van der Waals surface area (Å²) < 4.78 is 7.61. The van der Waals surface area contributed by atoms with Crippen molar-refractivity contribution >= 4 is 0 Å². The molecule has 108 valence electrons. The van der Waals surface area contributed by atoms with Crippen molar-refractivity contribution in [3.05, 3.63) is 48.0 Å². The first-order valence-corrected chi connectivity index (χ1v) is 7.07. The molecule has 0 aliphatic rings. The minimum Gasteiger partial charge on any atom is -0.496 e. The number of aryl methyl sites for hydroxylation is 1. The van der Waals surface area contributed by atoms with E-state index in [1.165, 1.54) is 5.56 Å². The molecule has 0 fully saturated rings. The molecular weight excluding hydrogens is 250 g/mol. The van der Waals surface area contributed by atoms with Crippen LogP contribution in [0.3, 0.4) is 0 Å². The molecule has 0 spiro atoms. The van der Waals surface area contributed by atoms with Crippen molar-refractivity contribution in [2.45, 2.75) is 32.4 Å². The third-order valence-electron chi connectivity index (χ3n) is 3.64. The van der Waals surface area contributed by atoms with Crippen molar-refractivity contribution in [2.24, 2.45) is 0 Å². The van der Waals surface area contributed by atoms with Crippen LogP contribution in [-0.4, -0.2) is 29.8 Å². The van der Waals surface area contributed by atoms with Crippen LogP contribution in [-0.2, 0) is 19.4 Å². The Hall–Kier alpha value is -1.81. The monoisotopic (exact) mass is 273 g/mol. The van der Waals surface area contributed by atoms with E-state index in [0.717, 1.165) is 31.0 Å². The largest absolute Gasteiger partial charge is 0.496 e. The van der Waals surface area contributed by atoms with Crippen LogP contribution >= 0.6 is 0 Å². The van der Waals surface area contributed by atoms with Crippen LogP contribution in [0.25, 0.3) is 0 Å². The highest BCUT2D eigenvalue weighted by Crippen LogP contribution is 2.19. The minimum atomic E-state index is 0.346. The number of imidazole rings is 1. The number of nitrogens with one attached hydrogen (secondary N) is 1. The van der Waals surface area contributed by atoms with Crippen LogP contribution < -0.4 is 10.1 Å². The van der Waals surface area contributed by atoms with E-state index in [1.54, 1.807) is 7.11 Å². The normalized spacial score (nSPS) is 12.3. The fourth-order valence-corrected chi connectivity index (χ4v) is 2.45. The zero-order chi connectivity index (χ0) is 14.4. The lowest BCUT2D eigenvalue weighted by Gasteiger charge is -2.18. The van der Waals surface area contributed by atoms with Gasteiger partial charge in [0.1, 0.15) is 11.6 Å². The Bertz CT molecular complexity index is 536. The second kappa shape index (κ2) is 7.10. The lowest BCUT2D eigenvalue weighted by atomic mass is 10.0. The smallest absolute Gasteiger partial charge is 0.122 e. The summed E-state index contributed by atoms with van der Waals surface area (Å²) in [7, 11) is 3.72. The number of hydrogen-bond acceptors (Lipinski definition) is 3. The maximum absolute atomic E-state index is 5.42. The molecule has 2 rings (SSSR count). The van der Waals surface area contributed by atoms with Gasteiger partial charge in [-0.3, -0.25) is 0 Å². The molecule has 0 saturated carbocycles. The molecular formula is C16H23N3O. The van der Waals surface area contributed by atoms with Gasteiger partial charge in [-0.1, -0.05) is 18.2 Å². The van der Waals surface area contributed by atoms with E-state index in [4.69, 9.17) is 4.74 Å². The zero-order valence-corrected chi connectivity index (χ0v) is 12.5. The molecule has 4 heteroatoms. The first-order valence-electron chi connectivity index (χ1n) is 7.07. The molecule has 1 N–H and O–H groups in total. The number of methoxy groups -OCH3 is 1. The first kappa shape index (κ1) is 14.6. The topological polar surface area (TPSA) is 39.1 Å². The number of para-hydroxylation sites is 1.